The Balaban J connectivity index is 2.28. The summed E-state index contributed by atoms with van der Waals surface area (Å²) in [5.41, 5.74) is 4.27. The molecule has 0 saturated heterocycles. The zero-order chi connectivity index (χ0) is 17.7. The maximum atomic E-state index is 9.94. The quantitative estimate of drug-likeness (QED) is 0.796. The summed E-state index contributed by atoms with van der Waals surface area (Å²) in [4.78, 5) is 2.14. The van der Waals surface area contributed by atoms with Gasteiger partial charge in [-0.25, -0.2) is 0 Å². The number of hydrogen-bond donors (Lipinski definition) is 1. The number of aliphatic hydroxyl groups is 1. The summed E-state index contributed by atoms with van der Waals surface area (Å²) in [5, 5.41) is 9.94. The number of benzene rings is 1. The predicted octanol–water partition coefficient (Wildman–Crippen LogP) is 4.71. The summed E-state index contributed by atoms with van der Waals surface area (Å²) in [7, 11) is 4.10. The Hall–Kier alpha value is -2.26. The van der Waals surface area contributed by atoms with Gasteiger partial charge in [0.2, 0.25) is 0 Å². The first kappa shape index (κ1) is 18.1. The van der Waals surface area contributed by atoms with Gasteiger partial charge in [0.25, 0.3) is 5.95 Å². The third-order valence-corrected chi connectivity index (χ3v) is 3.42. The summed E-state index contributed by atoms with van der Waals surface area (Å²) in [5.74, 6) is -0.0687. The second-order valence-corrected chi connectivity index (χ2v) is 7.21. The number of allylic oxidation sites excluding steroid dienone is 5. The Morgan fingerprint density at radius 2 is 1.79 bits per heavy atom. The molecule has 0 atom stereocenters. The van der Waals surface area contributed by atoms with Crippen LogP contribution in [0.4, 0.5) is 0 Å². The van der Waals surface area contributed by atoms with Crippen LogP contribution in [0, 0.1) is 0 Å². The van der Waals surface area contributed by atoms with Crippen molar-refractivity contribution in [2.75, 3.05) is 20.6 Å². The van der Waals surface area contributed by atoms with Crippen LogP contribution < -0.4 is 0 Å². The Kier molecular flexibility index (Phi) is 5.68. The van der Waals surface area contributed by atoms with Gasteiger partial charge in [-0.15, -0.1) is 0 Å². The molecular weight excluding hydrogens is 298 g/mol. The highest BCUT2D eigenvalue weighted by molar-refractivity contribution is 5.83. The molecule has 128 valence electrons. The largest absolute Gasteiger partial charge is 0.481 e. The molecule has 0 heterocycles. The van der Waals surface area contributed by atoms with E-state index in [9.17, 15) is 5.11 Å². The lowest BCUT2D eigenvalue weighted by Crippen LogP contribution is -2.18. The van der Waals surface area contributed by atoms with E-state index in [0.717, 1.165) is 12.1 Å². The van der Waals surface area contributed by atoms with Crippen molar-refractivity contribution in [2.24, 2.45) is 0 Å². The van der Waals surface area contributed by atoms with E-state index in [2.05, 4.69) is 43.3 Å². The molecule has 0 bridgehead atoms. The van der Waals surface area contributed by atoms with Gasteiger partial charge in [-0.05, 0) is 75.4 Å². The minimum Gasteiger partial charge on any atom is -0.481 e. The number of likely N-dealkylation sites (N-methyl/N-ethyl adjacent to an activating group) is 1. The minimum absolute atomic E-state index is 0.0687. The molecule has 1 N–H and O–H groups in total. The van der Waals surface area contributed by atoms with Crippen LogP contribution in [0.5, 0.6) is 0 Å². The summed E-state index contributed by atoms with van der Waals surface area (Å²) < 4.78 is 5.45. The van der Waals surface area contributed by atoms with E-state index >= 15 is 0 Å². The average molecular weight is 325 g/mol. The second kappa shape index (κ2) is 7.54. The van der Waals surface area contributed by atoms with Crippen molar-refractivity contribution in [3.05, 3.63) is 77.3 Å². The first-order chi connectivity index (χ1) is 11.2. The first-order valence-corrected chi connectivity index (χ1v) is 8.17. The van der Waals surface area contributed by atoms with Crippen molar-refractivity contribution in [1.82, 2.24) is 4.90 Å². The highest BCUT2D eigenvalue weighted by Crippen LogP contribution is 2.30. The van der Waals surface area contributed by atoms with Crippen molar-refractivity contribution in [3.8, 4) is 0 Å². The first-order valence-electron chi connectivity index (χ1n) is 8.17. The van der Waals surface area contributed by atoms with Crippen molar-refractivity contribution in [3.63, 3.8) is 0 Å². The van der Waals surface area contributed by atoms with E-state index in [1.54, 1.807) is 6.08 Å². The molecule has 0 aliphatic heterocycles. The summed E-state index contributed by atoms with van der Waals surface area (Å²) in [6.07, 6.45) is 7.88. The third-order valence-electron chi connectivity index (χ3n) is 3.42. The number of rotatable bonds is 5. The SMILES string of the molecule is CN(C)CC1=CC(c2ccccc2)=C/C1=C/C=C(/O)OC(C)(C)C. The average Bonchev–Trinajstić information content (AvgIpc) is 2.86. The van der Waals surface area contributed by atoms with Crippen molar-refractivity contribution in [1.29, 1.82) is 0 Å². The molecule has 1 aliphatic rings. The van der Waals surface area contributed by atoms with Crippen molar-refractivity contribution < 1.29 is 9.84 Å². The molecule has 0 fully saturated rings. The Morgan fingerprint density at radius 1 is 1.12 bits per heavy atom. The molecule has 3 nitrogen and oxygen atoms in total. The maximum Gasteiger partial charge on any atom is 0.277 e. The van der Waals surface area contributed by atoms with Gasteiger partial charge < -0.3 is 14.7 Å². The zero-order valence-electron chi connectivity index (χ0n) is 15.2. The van der Waals surface area contributed by atoms with E-state index < -0.39 is 5.60 Å². The second-order valence-electron chi connectivity index (χ2n) is 7.21. The Morgan fingerprint density at radius 3 is 2.38 bits per heavy atom. The van der Waals surface area contributed by atoms with Crippen LogP contribution in [0.2, 0.25) is 0 Å². The summed E-state index contributed by atoms with van der Waals surface area (Å²) in [6.45, 7) is 6.56. The zero-order valence-corrected chi connectivity index (χ0v) is 15.2. The maximum absolute atomic E-state index is 9.94. The van der Waals surface area contributed by atoms with Gasteiger partial charge in [-0.2, -0.15) is 0 Å². The number of aliphatic hydroxyl groups excluding tert-OH is 1. The fraction of sp³-hybridized carbons (Fsp3) is 0.333. The van der Waals surface area contributed by atoms with Crippen LogP contribution in [0.25, 0.3) is 5.57 Å². The highest BCUT2D eigenvalue weighted by atomic mass is 16.6. The molecule has 0 radical (unpaired) electrons. The summed E-state index contributed by atoms with van der Waals surface area (Å²) in [6, 6.07) is 10.3. The van der Waals surface area contributed by atoms with Gasteiger partial charge in [0.05, 0.1) is 0 Å². The van der Waals surface area contributed by atoms with Gasteiger partial charge in [0, 0.05) is 12.6 Å². The Bertz CT molecular complexity index is 686. The van der Waals surface area contributed by atoms with Crippen LogP contribution in [0.1, 0.15) is 26.3 Å². The standard InChI is InChI=1S/C21H27NO2/c1-21(2,3)24-20(23)12-11-17-13-18(14-19(17)15-22(4)5)16-9-7-6-8-10-16/h6-14,23H,15H2,1-5H3/b17-11-,20-12-. The minimum atomic E-state index is -0.415. The predicted molar refractivity (Wildman–Crippen MR) is 101 cm³/mol. The normalized spacial score (nSPS) is 17.2. The van der Waals surface area contributed by atoms with Crippen LogP contribution >= 0.6 is 0 Å². The molecule has 0 saturated carbocycles. The summed E-state index contributed by atoms with van der Waals surface area (Å²) >= 11 is 0. The molecule has 0 spiro atoms. The van der Waals surface area contributed by atoms with Crippen LogP contribution in [0.3, 0.4) is 0 Å². The van der Waals surface area contributed by atoms with E-state index in [-0.39, 0.29) is 5.95 Å². The molecule has 1 aliphatic carbocycles. The topological polar surface area (TPSA) is 32.7 Å². The smallest absolute Gasteiger partial charge is 0.277 e. The Labute approximate surface area is 145 Å². The van der Waals surface area contributed by atoms with E-state index in [1.807, 2.05) is 45.0 Å². The number of hydrogen-bond acceptors (Lipinski definition) is 3. The van der Waals surface area contributed by atoms with Crippen LogP contribution in [0.15, 0.2) is 71.7 Å². The fourth-order valence-corrected chi connectivity index (χ4v) is 2.51. The van der Waals surface area contributed by atoms with E-state index in [1.165, 1.54) is 16.7 Å². The van der Waals surface area contributed by atoms with Gasteiger partial charge in [0.1, 0.15) is 5.60 Å². The molecule has 3 heteroatoms. The molecule has 0 amide bonds. The van der Waals surface area contributed by atoms with Gasteiger partial charge in [-0.3, -0.25) is 0 Å². The van der Waals surface area contributed by atoms with Gasteiger partial charge in [-0.1, -0.05) is 30.3 Å². The molecular formula is C21H27NO2. The third kappa shape index (κ3) is 5.43. The lowest BCUT2D eigenvalue weighted by Gasteiger charge is -2.19. The molecule has 2 rings (SSSR count). The lowest BCUT2D eigenvalue weighted by molar-refractivity contribution is -0.0143. The lowest BCUT2D eigenvalue weighted by atomic mass is 10.1. The molecule has 24 heavy (non-hydrogen) atoms. The molecule has 0 aromatic heterocycles. The number of nitrogens with zero attached hydrogens (tertiary/aromatic N) is 1. The van der Waals surface area contributed by atoms with Crippen molar-refractivity contribution >= 4 is 5.57 Å². The van der Waals surface area contributed by atoms with Crippen LogP contribution in [-0.2, 0) is 4.74 Å². The van der Waals surface area contributed by atoms with Gasteiger partial charge >= 0.3 is 0 Å². The molecule has 0 unspecified atom stereocenters. The number of ether oxygens (including phenoxy) is 1. The monoisotopic (exact) mass is 325 g/mol. The molecule has 1 aromatic carbocycles. The van der Waals surface area contributed by atoms with Gasteiger partial charge in [0.15, 0.2) is 0 Å². The van der Waals surface area contributed by atoms with E-state index in [0.29, 0.717) is 0 Å². The van der Waals surface area contributed by atoms with Crippen LogP contribution in [-0.4, -0.2) is 36.2 Å². The molecule has 1 aromatic rings. The highest BCUT2D eigenvalue weighted by Gasteiger charge is 2.15. The fourth-order valence-electron chi connectivity index (χ4n) is 2.51. The van der Waals surface area contributed by atoms with E-state index in [4.69, 9.17) is 4.74 Å². The van der Waals surface area contributed by atoms with Crippen molar-refractivity contribution in [2.45, 2.75) is 26.4 Å².